The van der Waals surface area contributed by atoms with E-state index in [1.54, 1.807) is 53.6 Å². The number of halogens is 1. The van der Waals surface area contributed by atoms with Gasteiger partial charge in [0.05, 0.1) is 23.4 Å². The monoisotopic (exact) mass is 469 g/mol. The quantitative estimate of drug-likeness (QED) is 0.449. The molecule has 4 aromatic rings. The van der Waals surface area contributed by atoms with Crippen molar-refractivity contribution in [1.29, 1.82) is 0 Å². The highest BCUT2D eigenvalue weighted by Gasteiger charge is 2.18. The minimum absolute atomic E-state index is 0.0399. The van der Waals surface area contributed by atoms with Crippen LogP contribution in [-0.2, 0) is 27.8 Å². The summed E-state index contributed by atoms with van der Waals surface area (Å²) in [4.78, 5) is 16.5. The van der Waals surface area contributed by atoms with Crippen LogP contribution < -0.4 is 10.5 Å². The number of hydrogen-bond acceptors (Lipinski definition) is 5. The average Bonchev–Trinajstić information content (AvgIpc) is 3.12. The molecule has 2 heterocycles. The van der Waals surface area contributed by atoms with Crippen LogP contribution in [0.15, 0.2) is 66.0 Å². The highest BCUT2D eigenvalue weighted by molar-refractivity contribution is 7.89. The Morgan fingerprint density at radius 1 is 1.19 bits per heavy atom. The standard InChI is InChI=1S/C22H20ClN5O3S/c1-14-11-25-7-6-16(14)12-28-13-18-20(27-28)9-17(10-21(18)32(24,30)31)26-22(29)8-15-4-2-3-5-19(15)23/h2-7,9-11,13H,8,12H2,1H3,(H,26,29)(H2,24,30,31). The predicted molar refractivity (Wildman–Crippen MR) is 123 cm³/mol. The summed E-state index contributed by atoms with van der Waals surface area (Å²) in [5, 5.41) is 13.5. The Morgan fingerprint density at radius 3 is 2.69 bits per heavy atom. The fourth-order valence-corrected chi connectivity index (χ4v) is 4.36. The minimum atomic E-state index is -4.06. The van der Waals surface area contributed by atoms with Crippen molar-refractivity contribution in [3.05, 3.63) is 82.8 Å². The van der Waals surface area contributed by atoms with Gasteiger partial charge in [-0.3, -0.25) is 14.5 Å². The van der Waals surface area contributed by atoms with E-state index < -0.39 is 10.0 Å². The van der Waals surface area contributed by atoms with Gasteiger partial charge in [0.2, 0.25) is 15.9 Å². The molecule has 0 saturated heterocycles. The highest BCUT2D eigenvalue weighted by Crippen LogP contribution is 2.27. The summed E-state index contributed by atoms with van der Waals surface area (Å²) >= 11 is 6.12. The molecule has 0 fully saturated rings. The lowest BCUT2D eigenvalue weighted by Crippen LogP contribution is -2.16. The van der Waals surface area contributed by atoms with Crippen LogP contribution in [0.1, 0.15) is 16.7 Å². The highest BCUT2D eigenvalue weighted by atomic mass is 35.5. The second-order valence-corrected chi connectivity index (χ2v) is 9.33. The number of carbonyl (C=O) groups excluding carboxylic acids is 1. The van der Waals surface area contributed by atoms with Gasteiger partial charge in [-0.2, -0.15) is 5.10 Å². The number of aromatic nitrogens is 3. The van der Waals surface area contributed by atoms with E-state index >= 15 is 0 Å². The van der Waals surface area contributed by atoms with Gasteiger partial charge in [0.25, 0.3) is 0 Å². The molecule has 0 aliphatic rings. The van der Waals surface area contributed by atoms with Gasteiger partial charge in [-0.15, -0.1) is 0 Å². The number of benzene rings is 2. The lowest BCUT2D eigenvalue weighted by atomic mass is 10.1. The number of fused-ring (bicyclic) bond motifs is 1. The van der Waals surface area contributed by atoms with E-state index in [1.165, 1.54) is 6.07 Å². The van der Waals surface area contributed by atoms with Gasteiger partial charge in [-0.1, -0.05) is 29.8 Å². The van der Waals surface area contributed by atoms with Crippen molar-refractivity contribution in [1.82, 2.24) is 14.8 Å². The van der Waals surface area contributed by atoms with E-state index in [4.69, 9.17) is 16.7 Å². The molecule has 0 aliphatic heterocycles. The molecule has 2 aromatic heterocycles. The number of hydrogen-bond donors (Lipinski definition) is 2. The Kier molecular flexibility index (Phi) is 5.96. The third kappa shape index (κ3) is 4.80. The first kappa shape index (κ1) is 21.9. The summed E-state index contributed by atoms with van der Waals surface area (Å²) < 4.78 is 26.1. The summed E-state index contributed by atoms with van der Waals surface area (Å²) in [6.45, 7) is 2.37. The first-order valence-corrected chi connectivity index (χ1v) is 11.6. The molecule has 32 heavy (non-hydrogen) atoms. The molecule has 0 bridgehead atoms. The predicted octanol–water partition coefficient (Wildman–Crippen LogP) is 3.27. The van der Waals surface area contributed by atoms with Crippen LogP contribution in [0.2, 0.25) is 5.02 Å². The largest absolute Gasteiger partial charge is 0.326 e. The van der Waals surface area contributed by atoms with Crippen LogP contribution in [0.25, 0.3) is 10.9 Å². The van der Waals surface area contributed by atoms with Crippen LogP contribution in [-0.4, -0.2) is 29.1 Å². The van der Waals surface area contributed by atoms with Gasteiger partial charge < -0.3 is 5.32 Å². The number of carbonyl (C=O) groups is 1. The second kappa shape index (κ2) is 8.70. The number of primary sulfonamides is 1. The zero-order valence-corrected chi connectivity index (χ0v) is 18.7. The molecule has 0 aliphatic carbocycles. The Bertz CT molecular complexity index is 1430. The van der Waals surface area contributed by atoms with Crippen molar-refractivity contribution in [2.45, 2.75) is 24.8 Å². The first-order chi connectivity index (χ1) is 15.2. The van der Waals surface area contributed by atoms with Crippen molar-refractivity contribution in [2.75, 3.05) is 5.32 Å². The summed E-state index contributed by atoms with van der Waals surface area (Å²) in [5.41, 5.74) is 3.33. The molecule has 3 N–H and O–H groups in total. The number of anilines is 1. The van der Waals surface area contributed by atoms with E-state index in [0.29, 0.717) is 28.0 Å². The number of nitrogens with zero attached hydrogens (tertiary/aromatic N) is 3. The summed E-state index contributed by atoms with van der Waals surface area (Å²) in [6.07, 6.45) is 5.11. The third-order valence-electron chi connectivity index (χ3n) is 5.00. The van der Waals surface area contributed by atoms with Crippen LogP contribution in [0, 0.1) is 6.92 Å². The topological polar surface area (TPSA) is 120 Å². The number of aryl methyl sites for hydroxylation is 1. The van der Waals surface area contributed by atoms with Crippen molar-refractivity contribution in [3.63, 3.8) is 0 Å². The normalized spacial score (nSPS) is 11.6. The van der Waals surface area contributed by atoms with Crippen molar-refractivity contribution < 1.29 is 13.2 Å². The second-order valence-electron chi connectivity index (χ2n) is 7.40. The van der Waals surface area contributed by atoms with Crippen molar-refractivity contribution in [3.8, 4) is 0 Å². The van der Waals surface area contributed by atoms with Gasteiger partial charge in [-0.05, 0) is 47.9 Å². The lowest BCUT2D eigenvalue weighted by molar-refractivity contribution is -0.115. The molecule has 2 aromatic carbocycles. The van der Waals surface area contributed by atoms with Crippen molar-refractivity contribution in [2.24, 2.45) is 5.14 Å². The number of sulfonamides is 1. The SMILES string of the molecule is Cc1cnccc1Cn1cc2c(S(N)(=O)=O)cc(NC(=O)Cc3ccccc3Cl)cc2n1. The molecular weight excluding hydrogens is 450 g/mol. The van der Waals surface area contributed by atoms with Crippen LogP contribution in [0.4, 0.5) is 5.69 Å². The van der Waals surface area contributed by atoms with E-state index in [2.05, 4.69) is 15.4 Å². The van der Waals surface area contributed by atoms with Crippen molar-refractivity contribution >= 4 is 44.1 Å². The zero-order chi connectivity index (χ0) is 22.9. The minimum Gasteiger partial charge on any atom is -0.326 e. The van der Waals surface area contributed by atoms with E-state index in [9.17, 15) is 13.2 Å². The number of pyridine rings is 1. The maximum Gasteiger partial charge on any atom is 0.238 e. The average molecular weight is 470 g/mol. The molecule has 0 saturated carbocycles. The Labute approximate surface area is 190 Å². The zero-order valence-electron chi connectivity index (χ0n) is 17.1. The Hall–Kier alpha value is -3.27. The summed E-state index contributed by atoms with van der Waals surface area (Å²) in [6, 6.07) is 11.9. The molecule has 4 rings (SSSR count). The van der Waals surface area contributed by atoms with Gasteiger partial charge in [-0.25, -0.2) is 13.6 Å². The van der Waals surface area contributed by atoms with Gasteiger partial charge in [0, 0.05) is 34.7 Å². The van der Waals surface area contributed by atoms with E-state index in [1.807, 2.05) is 13.0 Å². The third-order valence-corrected chi connectivity index (χ3v) is 6.32. The fraction of sp³-hybridized carbons (Fsp3) is 0.136. The number of amides is 1. The van der Waals surface area contributed by atoms with Crippen LogP contribution in [0.3, 0.4) is 0 Å². The molecule has 8 nitrogen and oxygen atoms in total. The van der Waals surface area contributed by atoms with E-state index in [0.717, 1.165) is 11.1 Å². The Morgan fingerprint density at radius 2 is 1.97 bits per heavy atom. The molecule has 10 heteroatoms. The molecule has 0 atom stereocenters. The maximum absolute atomic E-state index is 12.5. The molecule has 0 unspecified atom stereocenters. The number of nitrogens with two attached hydrogens (primary N) is 1. The smallest absolute Gasteiger partial charge is 0.238 e. The molecule has 0 radical (unpaired) electrons. The summed E-state index contributed by atoms with van der Waals surface area (Å²) in [5.74, 6) is -0.343. The summed E-state index contributed by atoms with van der Waals surface area (Å²) in [7, 11) is -4.06. The van der Waals surface area contributed by atoms with Gasteiger partial charge in [0.1, 0.15) is 0 Å². The molecule has 164 valence electrons. The molecule has 1 amide bonds. The van der Waals surface area contributed by atoms with Crippen LogP contribution in [0.5, 0.6) is 0 Å². The van der Waals surface area contributed by atoms with Crippen LogP contribution >= 0.6 is 11.6 Å². The Balaban J connectivity index is 1.67. The van der Waals surface area contributed by atoms with Gasteiger partial charge >= 0.3 is 0 Å². The lowest BCUT2D eigenvalue weighted by Gasteiger charge is -2.08. The van der Waals surface area contributed by atoms with E-state index in [-0.39, 0.29) is 22.9 Å². The fourth-order valence-electron chi connectivity index (χ4n) is 3.40. The first-order valence-electron chi connectivity index (χ1n) is 9.67. The maximum atomic E-state index is 12.5. The number of rotatable bonds is 6. The molecular formula is C22H20ClN5O3S. The number of nitrogens with one attached hydrogen (secondary N) is 1. The van der Waals surface area contributed by atoms with Gasteiger partial charge in [0.15, 0.2) is 0 Å². The molecule has 0 spiro atoms.